The van der Waals surface area contributed by atoms with Crippen LogP contribution in [-0.2, 0) is 14.3 Å². The fourth-order valence-corrected chi connectivity index (χ4v) is 2.03. The molecule has 0 atom stereocenters. The Bertz CT molecular complexity index is 690. The van der Waals surface area contributed by atoms with Gasteiger partial charge in [0.15, 0.2) is 0 Å². The third kappa shape index (κ3) is 4.19. The Morgan fingerprint density at radius 3 is 2.22 bits per heavy atom. The Hall–Kier alpha value is -2.62. The molecule has 120 valence electrons. The minimum absolute atomic E-state index is 0.141. The lowest BCUT2D eigenvalue weighted by molar-refractivity contribution is -0.169. The number of hydrogen-bond acceptors (Lipinski definition) is 4. The van der Waals surface area contributed by atoms with E-state index in [1.54, 1.807) is 26.8 Å². The van der Waals surface area contributed by atoms with Crippen molar-refractivity contribution in [3.63, 3.8) is 0 Å². The number of para-hydroxylation sites is 1. The summed E-state index contributed by atoms with van der Waals surface area (Å²) in [6.07, 6.45) is 0.141. The zero-order valence-corrected chi connectivity index (χ0v) is 13.5. The number of ether oxygens (including phenoxy) is 2. The van der Waals surface area contributed by atoms with E-state index in [1.807, 2.05) is 48.5 Å². The average molecular weight is 312 g/mol. The molecule has 23 heavy (non-hydrogen) atoms. The number of hydrogen-bond donors (Lipinski definition) is 0. The number of carbonyl (C=O) groups is 2. The van der Waals surface area contributed by atoms with E-state index in [9.17, 15) is 9.59 Å². The number of carbonyl (C=O) groups excluding carboxylic acids is 2. The van der Waals surface area contributed by atoms with Crippen molar-refractivity contribution in [1.82, 2.24) is 0 Å². The van der Waals surface area contributed by atoms with E-state index >= 15 is 0 Å². The number of benzene rings is 2. The molecule has 0 aliphatic carbocycles. The lowest BCUT2D eigenvalue weighted by Gasteiger charge is -2.25. The van der Waals surface area contributed by atoms with Crippen LogP contribution in [0.5, 0.6) is 5.75 Å². The van der Waals surface area contributed by atoms with Crippen LogP contribution in [0.4, 0.5) is 0 Å². The highest BCUT2D eigenvalue weighted by atomic mass is 16.6. The van der Waals surface area contributed by atoms with Crippen LogP contribution in [0.25, 0.3) is 11.1 Å². The largest absolute Gasteiger partial charge is 0.475 e. The summed E-state index contributed by atoms with van der Waals surface area (Å²) in [5.74, 6) is -0.708. The van der Waals surface area contributed by atoms with Gasteiger partial charge in [-0.1, -0.05) is 55.5 Å². The first-order valence-corrected chi connectivity index (χ1v) is 7.52. The van der Waals surface area contributed by atoms with E-state index in [-0.39, 0.29) is 6.42 Å². The lowest BCUT2D eigenvalue weighted by Crippen LogP contribution is -2.40. The van der Waals surface area contributed by atoms with Gasteiger partial charge in [0.25, 0.3) is 0 Å². The van der Waals surface area contributed by atoms with Gasteiger partial charge in [0.2, 0.25) is 5.60 Å². The quantitative estimate of drug-likeness (QED) is 0.619. The van der Waals surface area contributed by atoms with Crippen molar-refractivity contribution in [3.05, 3.63) is 54.6 Å². The molecule has 0 fully saturated rings. The SMILES string of the molecule is CCC(=O)OC(=O)C(C)(C)Oc1ccccc1-c1ccccc1. The fraction of sp³-hybridized carbons (Fsp3) is 0.263. The van der Waals surface area contributed by atoms with Crippen molar-refractivity contribution >= 4 is 11.9 Å². The standard InChI is InChI=1S/C19H20O4/c1-4-17(20)22-18(21)19(2,3)23-16-13-9-8-12-15(16)14-10-6-5-7-11-14/h5-13H,4H2,1-3H3. The minimum atomic E-state index is -1.27. The molecule has 0 saturated carbocycles. The molecule has 2 aromatic rings. The summed E-state index contributed by atoms with van der Waals surface area (Å²) in [4.78, 5) is 23.4. The molecule has 0 aliphatic heterocycles. The van der Waals surface area contributed by atoms with Crippen LogP contribution in [0.3, 0.4) is 0 Å². The highest BCUT2D eigenvalue weighted by Crippen LogP contribution is 2.32. The fourth-order valence-electron chi connectivity index (χ4n) is 2.03. The molecule has 0 aromatic heterocycles. The molecule has 0 saturated heterocycles. The molecular weight excluding hydrogens is 292 g/mol. The molecule has 0 spiro atoms. The topological polar surface area (TPSA) is 52.6 Å². The van der Waals surface area contributed by atoms with Gasteiger partial charge in [0.1, 0.15) is 5.75 Å². The second-order valence-electron chi connectivity index (χ2n) is 5.59. The second-order valence-corrected chi connectivity index (χ2v) is 5.59. The molecule has 2 aromatic carbocycles. The molecule has 4 nitrogen and oxygen atoms in total. The first-order valence-electron chi connectivity index (χ1n) is 7.52. The summed E-state index contributed by atoms with van der Waals surface area (Å²) in [5, 5.41) is 0. The first kappa shape index (κ1) is 16.7. The van der Waals surface area contributed by atoms with E-state index in [1.165, 1.54) is 0 Å². The predicted molar refractivity (Wildman–Crippen MR) is 88.0 cm³/mol. The molecule has 4 heteroatoms. The molecule has 0 N–H and O–H groups in total. The third-order valence-corrected chi connectivity index (χ3v) is 3.32. The molecule has 0 heterocycles. The summed E-state index contributed by atoms with van der Waals surface area (Å²) < 4.78 is 10.6. The van der Waals surface area contributed by atoms with E-state index in [2.05, 4.69) is 0 Å². The maximum atomic E-state index is 12.1. The van der Waals surface area contributed by atoms with Gasteiger partial charge in [-0.05, 0) is 25.5 Å². The van der Waals surface area contributed by atoms with Crippen molar-refractivity contribution < 1.29 is 19.1 Å². The second kappa shape index (κ2) is 7.09. The Morgan fingerprint density at radius 2 is 1.57 bits per heavy atom. The molecule has 0 aliphatic rings. The van der Waals surface area contributed by atoms with Gasteiger partial charge in [-0.25, -0.2) is 4.79 Å². The van der Waals surface area contributed by atoms with Gasteiger partial charge >= 0.3 is 11.9 Å². The van der Waals surface area contributed by atoms with Crippen molar-refractivity contribution in [1.29, 1.82) is 0 Å². The van der Waals surface area contributed by atoms with Crippen molar-refractivity contribution in [2.75, 3.05) is 0 Å². The number of rotatable bonds is 5. The summed E-state index contributed by atoms with van der Waals surface area (Å²) in [6, 6.07) is 17.2. The Kier molecular flexibility index (Phi) is 5.16. The molecule has 0 amide bonds. The van der Waals surface area contributed by atoms with E-state index < -0.39 is 17.5 Å². The van der Waals surface area contributed by atoms with Crippen LogP contribution >= 0.6 is 0 Å². The summed E-state index contributed by atoms with van der Waals surface area (Å²) >= 11 is 0. The normalized spacial score (nSPS) is 10.9. The zero-order valence-electron chi connectivity index (χ0n) is 13.5. The molecule has 0 unspecified atom stereocenters. The van der Waals surface area contributed by atoms with Gasteiger partial charge in [-0.3, -0.25) is 4.79 Å². The van der Waals surface area contributed by atoms with Crippen LogP contribution in [-0.4, -0.2) is 17.5 Å². The van der Waals surface area contributed by atoms with Crippen LogP contribution in [0.1, 0.15) is 27.2 Å². The first-order chi connectivity index (χ1) is 10.9. The third-order valence-electron chi connectivity index (χ3n) is 3.32. The van der Waals surface area contributed by atoms with E-state index in [0.29, 0.717) is 5.75 Å². The van der Waals surface area contributed by atoms with Gasteiger partial charge in [-0.15, -0.1) is 0 Å². The monoisotopic (exact) mass is 312 g/mol. The maximum Gasteiger partial charge on any atom is 0.357 e. The van der Waals surface area contributed by atoms with Gasteiger partial charge in [-0.2, -0.15) is 0 Å². The van der Waals surface area contributed by atoms with E-state index in [4.69, 9.17) is 9.47 Å². The lowest BCUT2D eigenvalue weighted by atomic mass is 10.0. The Balaban J connectivity index is 2.26. The van der Waals surface area contributed by atoms with Gasteiger partial charge in [0, 0.05) is 12.0 Å². The molecule has 0 bridgehead atoms. The van der Waals surface area contributed by atoms with Crippen LogP contribution in [0, 0.1) is 0 Å². The van der Waals surface area contributed by atoms with Crippen molar-refractivity contribution in [2.24, 2.45) is 0 Å². The zero-order chi connectivity index (χ0) is 16.9. The molecular formula is C19H20O4. The predicted octanol–water partition coefficient (Wildman–Crippen LogP) is 3.99. The number of esters is 2. The molecule has 0 radical (unpaired) electrons. The smallest absolute Gasteiger partial charge is 0.357 e. The van der Waals surface area contributed by atoms with Gasteiger partial charge in [0.05, 0.1) is 0 Å². The van der Waals surface area contributed by atoms with Crippen LogP contribution < -0.4 is 4.74 Å². The summed E-state index contributed by atoms with van der Waals surface area (Å²) in [7, 11) is 0. The van der Waals surface area contributed by atoms with Gasteiger partial charge < -0.3 is 9.47 Å². The van der Waals surface area contributed by atoms with Crippen molar-refractivity contribution in [2.45, 2.75) is 32.8 Å². The van der Waals surface area contributed by atoms with E-state index in [0.717, 1.165) is 11.1 Å². The minimum Gasteiger partial charge on any atom is -0.475 e. The van der Waals surface area contributed by atoms with Crippen LogP contribution in [0.2, 0.25) is 0 Å². The average Bonchev–Trinajstić information content (AvgIpc) is 2.55. The highest BCUT2D eigenvalue weighted by Gasteiger charge is 2.34. The maximum absolute atomic E-state index is 12.1. The summed E-state index contributed by atoms with van der Waals surface area (Å²) in [6.45, 7) is 4.80. The Labute approximate surface area is 136 Å². The highest BCUT2D eigenvalue weighted by molar-refractivity contribution is 5.90. The van der Waals surface area contributed by atoms with Crippen molar-refractivity contribution in [3.8, 4) is 16.9 Å². The Morgan fingerprint density at radius 1 is 0.957 bits per heavy atom. The summed E-state index contributed by atoms with van der Waals surface area (Å²) in [5.41, 5.74) is 0.586. The van der Waals surface area contributed by atoms with Crippen LogP contribution in [0.15, 0.2) is 54.6 Å². The molecule has 2 rings (SSSR count).